The molecular weight excluding hydrogens is 162 g/mol. The van der Waals surface area contributed by atoms with Gasteiger partial charge in [-0.05, 0) is 20.3 Å². The van der Waals surface area contributed by atoms with Crippen molar-refractivity contribution in [2.75, 3.05) is 6.54 Å². The van der Waals surface area contributed by atoms with Gasteiger partial charge >= 0.3 is 0 Å². The second-order valence-electron chi connectivity index (χ2n) is 3.15. The molecule has 0 radical (unpaired) electrons. The molecular formula is C11H21NO. The Morgan fingerprint density at radius 3 is 2.31 bits per heavy atom. The van der Waals surface area contributed by atoms with Crippen molar-refractivity contribution in [3.05, 3.63) is 11.6 Å². The Morgan fingerprint density at radius 1 is 1.54 bits per heavy atom. The predicted molar refractivity (Wildman–Crippen MR) is 56.6 cm³/mol. The monoisotopic (exact) mass is 183 g/mol. The highest BCUT2D eigenvalue weighted by molar-refractivity contribution is 5.74. The predicted octanol–water partition coefficient (Wildman–Crippen LogP) is 2.60. The maximum absolute atomic E-state index is 11.0. The van der Waals surface area contributed by atoms with E-state index in [0.29, 0.717) is 6.04 Å². The summed E-state index contributed by atoms with van der Waals surface area (Å²) in [5.41, 5.74) is 1.38. The van der Waals surface area contributed by atoms with Crippen LogP contribution in [0.15, 0.2) is 11.6 Å². The van der Waals surface area contributed by atoms with E-state index in [2.05, 4.69) is 13.0 Å². The molecule has 1 saturated heterocycles. The van der Waals surface area contributed by atoms with Gasteiger partial charge in [0.1, 0.15) is 0 Å². The number of hydrogen-bond donors (Lipinski definition) is 0. The summed E-state index contributed by atoms with van der Waals surface area (Å²) >= 11 is 0. The molecule has 0 unspecified atom stereocenters. The molecule has 0 aromatic carbocycles. The van der Waals surface area contributed by atoms with Crippen molar-refractivity contribution in [1.29, 1.82) is 0 Å². The summed E-state index contributed by atoms with van der Waals surface area (Å²) in [6, 6.07) is 0.402. The minimum absolute atomic E-state index is 0.189. The molecule has 76 valence electrons. The lowest BCUT2D eigenvalue weighted by molar-refractivity contribution is -0.129. The van der Waals surface area contributed by atoms with Crippen molar-refractivity contribution >= 4 is 5.91 Å². The van der Waals surface area contributed by atoms with E-state index in [1.807, 2.05) is 25.7 Å². The van der Waals surface area contributed by atoms with E-state index in [1.165, 1.54) is 5.57 Å². The average molecular weight is 183 g/mol. The van der Waals surface area contributed by atoms with E-state index in [1.54, 1.807) is 6.92 Å². The normalized spacial score (nSPS) is 24.2. The first-order chi connectivity index (χ1) is 6.15. The number of likely N-dealkylation sites (tertiary alicyclic amines) is 1. The number of nitrogens with zero attached hydrogens (tertiary/aromatic N) is 1. The molecule has 0 spiro atoms. The third-order valence-electron chi connectivity index (χ3n) is 2.28. The third-order valence-corrected chi connectivity index (χ3v) is 2.28. The lowest BCUT2D eigenvalue weighted by atomic mass is 10.2. The topological polar surface area (TPSA) is 20.3 Å². The maximum Gasteiger partial charge on any atom is 0.219 e. The van der Waals surface area contributed by atoms with Crippen LogP contribution in [0.3, 0.4) is 0 Å². The number of rotatable bonds is 0. The molecule has 1 rings (SSSR count). The van der Waals surface area contributed by atoms with E-state index < -0.39 is 0 Å². The van der Waals surface area contributed by atoms with E-state index in [9.17, 15) is 4.79 Å². The minimum atomic E-state index is 0.189. The van der Waals surface area contributed by atoms with Gasteiger partial charge in [0.15, 0.2) is 0 Å². The zero-order chi connectivity index (χ0) is 10.4. The van der Waals surface area contributed by atoms with Gasteiger partial charge in [-0.3, -0.25) is 4.79 Å². The third kappa shape index (κ3) is 3.21. The molecule has 0 aromatic heterocycles. The highest BCUT2D eigenvalue weighted by Crippen LogP contribution is 2.21. The minimum Gasteiger partial charge on any atom is -0.336 e. The van der Waals surface area contributed by atoms with Gasteiger partial charge in [-0.1, -0.05) is 25.5 Å². The second kappa shape index (κ2) is 5.79. The molecule has 1 fully saturated rings. The van der Waals surface area contributed by atoms with Crippen LogP contribution in [-0.2, 0) is 4.79 Å². The van der Waals surface area contributed by atoms with Crippen molar-refractivity contribution in [3.8, 4) is 0 Å². The molecule has 0 saturated carbocycles. The van der Waals surface area contributed by atoms with Gasteiger partial charge < -0.3 is 4.90 Å². The van der Waals surface area contributed by atoms with Crippen LogP contribution in [0.2, 0.25) is 0 Å². The lowest BCUT2D eigenvalue weighted by Gasteiger charge is -2.18. The number of hydrogen-bond acceptors (Lipinski definition) is 1. The van der Waals surface area contributed by atoms with E-state index in [0.717, 1.165) is 13.0 Å². The second-order valence-corrected chi connectivity index (χ2v) is 3.15. The molecule has 0 bridgehead atoms. The first-order valence-corrected chi connectivity index (χ1v) is 5.06. The van der Waals surface area contributed by atoms with Crippen LogP contribution in [0, 0.1) is 0 Å². The standard InChI is InChI=1S/C9H15NO.C2H6/c1-4-9-5-7(2)10(6-9)8(3)11;1-2/h4,7H,5-6H2,1-3H3;1-2H3/b9-4+;/t7-;/m1./s1. The summed E-state index contributed by atoms with van der Waals surface area (Å²) in [5, 5.41) is 0. The molecule has 0 aliphatic carbocycles. The highest BCUT2D eigenvalue weighted by atomic mass is 16.2. The molecule has 2 nitrogen and oxygen atoms in total. The Kier molecular flexibility index (Phi) is 5.44. The molecule has 0 aromatic rings. The van der Waals surface area contributed by atoms with Crippen LogP contribution >= 0.6 is 0 Å². The Morgan fingerprint density at radius 2 is 2.08 bits per heavy atom. The molecule has 1 atom stereocenters. The van der Waals surface area contributed by atoms with Crippen LogP contribution in [0.5, 0.6) is 0 Å². The van der Waals surface area contributed by atoms with Crippen LogP contribution in [0.1, 0.15) is 41.0 Å². The van der Waals surface area contributed by atoms with Crippen LogP contribution in [-0.4, -0.2) is 23.4 Å². The first kappa shape index (κ1) is 12.2. The summed E-state index contributed by atoms with van der Waals surface area (Å²) in [7, 11) is 0. The smallest absolute Gasteiger partial charge is 0.219 e. The van der Waals surface area contributed by atoms with Crippen molar-refractivity contribution < 1.29 is 4.79 Å². The summed E-state index contributed by atoms with van der Waals surface area (Å²) in [5.74, 6) is 0.189. The van der Waals surface area contributed by atoms with Gasteiger partial charge in [0, 0.05) is 19.5 Å². The number of carbonyl (C=O) groups is 1. The Labute approximate surface area is 81.6 Å². The SMILES string of the molecule is C/C=C1\C[C@@H](C)N(C(C)=O)C1.CC. The maximum atomic E-state index is 11.0. The zero-order valence-corrected chi connectivity index (χ0v) is 9.42. The number of carbonyl (C=O) groups excluding carboxylic acids is 1. The van der Waals surface area contributed by atoms with Crippen molar-refractivity contribution in [1.82, 2.24) is 4.90 Å². The fraction of sp³-hybridized carbons (Fsp3) is 0.727. The van der Waals surface area contributed by atoms with Crippen LogP contribution < -0.4 is 0 Å². The lowest BCUT2D eigenvalue weighted by Crippen LogP contribution is -2.31. The average Bonchev–Trinajstić information content (AvgIpc) is 2.50. The van der Waals surface area contributed by atoms with Crippen molar-refractivity contribution in [3.63, 3.8) is 0 Å². The molecule has 1 amide bonds. The molecule has 1 aliphatic rings. The number of amides is 1. The fourth-order valence-corrected chi connectivity index (χ4v) is 1.56. The quantitative estimate of drug-likeness (QED) is 0.529. The van der Waals surface area contributed by atoms with Gasteiger partial charge in [0.25, 0.3) is 0 Å². The first-order valence-electron chi connectivity index (χ1n) is 5.06. The van der Waals surface area contributed by atoms with Gasteiger partial charge in [-0.15, -0.1) is 0 Å². The summed E-state index contributed by atoms with van der Waals surface area (Å²) in [4.78, 5) is 12.9. The summed E-state index contributed by atoms with van der Waals surface area (Å²) < 4.78 is 0. The van der Waals surface area contributed by atoms with Crippen molar-refractivity contribution in [2.24, 2.45) is 0 Å². The Bertz CT molecular complexity index is 196. The summed E-state index contributed by atoms with van der Waals surface area (Å²) in [6.07, 6.45) is 3.16. The van der Waals surface area contributed by atoms with Gasteiger partial charge in [-0.25, -0.2) is 0 Å². The molecule has 0 N–H and O–H groups in total. The molecule has 2 heteroatoms. The van der Waals surface area contributed by atoms with Gasteiger partial charge in [0.2, 0.25) is 5.91 Å². The van der Waals surface area contributed by atoms with Gasteiger partial charge in [0.05, 0.1) is 0 Å². The van der Waals surface area contributed by atoms with E-state index >= 15 is 0 Å². The molecule has 1 heterocycles. The molecule has 1 aliphatic heterocycles. The van der Waals surface area contributed by atoms with Crippen molar-refractivity contribution in [2.45, 2.75) is 47.1 Å². The largest absolute Gasteiger partial charge is 0.336 e. The van der Waals surface area contributed by atoms with Crippen LogP contribution in [0.25, 0.3) is 0 Å². The Balaban J connectivity index is 0.000000671. The fourth-order valence-electron chi connectivity index (χ4n) is 1.56. The van der Waals surface area contributed by atoms with E-state index in [4.69, 9.17) is 0 Å². The summed E-state index contributed by atoms with van der Waals surface area (Å²) in [6.45, 7) is 10.6. The van der Waals surface area contributed by atoms with E-state index in [-0.39, 0.29) is 5.91 Å². The van der Waals surface area contributed by atoms with Gasteiger partial charge in [-0.2, -0.15) is 0 Å². The highest BCUT2D eigenvalue weighted by Gasteiger charge is 2.25. The Hall–Kier alpha value is -0.790. The van der Waals surface area contributed by atoms with Crippen LogP contribution in [0.4, 0.5) is 0 Å². The number of allylic oxidation sites excluding steroid dienone is 1. The zero-order valence-electron chi connectivity index (χ0n) is 9.42. The molecule has 13 heavy (non-hydrogen) atoms.